The van der Waals surface area contributed by atoms with E-state index in [2.05, 4.69) is 10.6 Å². The minimum atomic E-state index is -0.322. The van der Waals surface area contributed by atoms with Gasteiger partial charge in [0.2, 0.25) is 11.8 Å². The Morgan fingerprint density at radius 3 is 2.33 bits per heavy atom. The normalized spacial score (nSPS) is 11.5. The van der Waals surface area contributed by atoms with Crippen LogP contribution in [0.25, 0.3) is 0 Å². The van der Waals surface area contributed by atoms with Gasteiger partial charge in [-0.2, -0.15) is 0 Å². The summed E-state index contributed by atoms with van der Waals surface area (Å²) in [5.74, 6) is -0.497. The second-order valence-electron chi connectivity index (χ2n) is 5.65. The van der Waals surface area contributed by atoms with E-state index in [-0.39, 0.29) is 36.7 Å². The summed E-state index contributed by atoms with van der Waals surface area (Å²) < 4.78 is 4.85. The van der Waals surface area contributed by atoms with Gasteiger partial charge >= 0.3 is 5.97 Å². The van der Waals surface area contributed by atoms with E-state index < -0.39 is 0 Å². The third-order valence-electron chi connectivity index (χ3n) is 3.27. The zero-order valence-corrected chi connectivity index (χ0v) is 14.6. The molecule has 132 valence electrons. The molecule has 0 fully saturated rings. The van der Waals surface area contributed by atoms with Gasteiger partial charge in [-0.1, -0.05) is 19.1 Å². The fourth-order valence-corrected chi connectivity index (χ4v) is 2.19. The highest BCUT2D eigenvalue weighted by molar-refractivity contribution is 5.90. The number of esters is 1. The van der Waals surface area contributed by atoms with Crippen molar-refractivity contribution >= 4 is 23.5 Å². The van der Waals surface area contributed by atoms with E-state index in [1.165, 1.54) is 0 Å². The molecule has 6 nitrogen and oxygen atoms in total. The van der Waals surface area contributed by atoms with Crippen molar-refractivity contribution < 1.29 is 19.1 Å². The lowest BCUT2D eigenvalue weighted by Gasteiger charge is -2.13. The Labute approximate surface area is 143 Å². The van der Waals surface area contributed by atoms with Crippen molar-refractivity contribution in [1.29, 1.82) is 0 Å². The average Bonchev–Trinajstić information content (AvgIpc) is 2.49. The molecule has 2 amide bonds. The molecule has 6 heteroatoms. The Bertz CT molecular complexity index is 555. The monoisotopic (exact) mass is 334 g/mol. The molecule has 1 aromatic carbocycles. The molecule has 0 spiro atoms. The van der Waals surface area contributed by atoms with E-state index >= 15 is 0 Å². The molecule has 0 saturated heterocycles. The summed E-state index contributed by atoms with van der Waals surface area (Å²) in [4.78, 5) is 34.9. The second kappa shape index (κ2) is 10.4. The van der Waals surface area contributed by atoms with Gasteiger partial charge in [-0.3, -0.25) is 14.4 Å². The molecule has 0 radical (unpaired) electrons. The topological polar surface area (TPSA) is 84.5 Å². The third kappa shape index (κ3) is 7.76. The van der Waals surface area contributed by atoms with Crippen LogP contribution in [0.5, 0.6) is 0 Å². The van der Waals surface area contributed by atoms with E-state index in [9.17, 15) is 14.4 Å². The van der Waals surface area contributed by atoms with Crippen LogP contribution < -0.4 is 10.6 Å². The number of ether oxygens (including phenoxy) is 1. The van der Waals surface area contributed by atoms with Crippen LogP contribution in [0.2, 0.25) is 0 Å². The van der Waals surface area contributed by atoms with E-state index in [0.29, 0.717) is 18.7 Å². The van der Waals surface area contributed by atoms with Crippen molar-refractivity contribution in [3.05, 3.63) is 29.8 Å². The minimum Gasteiger partial charge on any atom is -0.466 e. The van der Waals surface area contributed by atoms with Crippen molar-refractivity contribution in [3.8, 4) is 0 Å². The van der Waals surface area contributed by atoms with E-state index in [1.807, 2.05) is 6.92 Å². The molecule has 1 rings (SSSR count). The molecular formula is C18H26N2O4. The maximum atomic E-state index is 12.0. The van der Waals surface area contributed by atoms with E-state index in [0.717, 1.165) is 12.0 Å². The molecule has 0 saturated carbocycles. The van der Waals surface area contributed by atoms with Gasteiger partial charge in [0.25, 0.3) is 0 Å². The van der Waals surface area contributed by atoms with Crippen molar-refractivity contribution in [2.45, 2.75) is 52.5 Å². The lowest BCUT2D eigenvalue weighted by molar-refractivity contribution is -0.143. The summed E-state index contributed by atoms with van der Waals surface area (Å²) in [7, 11) is 0. The summed E-state index contributed by atoms with van der Waals surface area (Å²) in [6.45, 7) is 5.79. The van der Waals surface area contributed by atoms with Gasteiger partial charge in [0, 0.05) is 18.2 Å². The first-order chi connectivity index (χ1) is 11.4. The summed E-state index contributed by atoms with van der Waals surface area (Å²) >= 11 is 0. The Kier molecular flexibility index (Phi) is 8.54. The number of hydrogen-bond donors (Lipinski definition) is 2. The molecule has 1 unspecified atom stereocenters. The summed E-state index contributed by atoms with van der Waals surface area (Å²) in [5.41, 5.74) is 1.55. The van der Waals surface area contributed by atoms with Crippen molar-refractivity contribution in [1.82, 2.24) is 5.32 Å². The fourth-order valence-electron chi connectivity index (χ4n) is 2.19. The van der Waals surface area contributed by atoms with E-state index in [4.69, 9.17) is 4.74 Å². The van der Waals surface area contributed by atoms with Crippen LogP contribution in [0.4, 0.5) is 5.69 Å². The Hall–Kier alpha value is -2.37. The predicted octanol–water partition coefficient (Wildman–Crippen LogP) is 2.43. The number of carbonyl (C=O) groups excluding carboxylic acids is 3. The van der Waals surface area contributed by atoms with Gasteiger partial charge in [0.1, 0.15) is 0 Å². The number of anilines is 1. The van der Waals surface area contributed by atoms with Gasteiger partial charge in [0.05, 0.1) is 19.4 Å². The minimum absolute atomic E-state index is 0.0178. The van der Waals surface area contributed by atoms with Crippen LogP contribution in [0, 0.1) is 0 Å². The highest BCUT2D eigenvalue weighted by Gasteiger charge is 2.13. The van der Waals surface area contributed by atoms with Gasteiger partial charge in [-0.15, -0.1) is 0 Å². The van der Waals surface area contributed by atoms with Crippen molar-refractivity contribution in [2.24, 2.45) is 0 Å². The highest BCUT2D eigenvalue weighted by Crippen LogP contribution is 2.11. The van der Waals surface area contributed by atoms with Gasteiger partial charge in [-0.05, 0) is 38.0 Å². The van der Waals surface area contributed by atoms with Crippen LogP contribution in [0.15, 0.2) is 24.3 Å². The smallest absolute Gasteiger partial charge is 0.307 e. The Morgan fingerprint density at radius 2 is 1.75 bits per heavy atom. The number of nitrogens with one attached hydrogen (secondary N) is 2. The lowest BCUT2D eigenvalue weighted by Crippen LogP contribution is -2.35. The quantitative estimate of drug-likeness (QED) is 0.679. The molecule has 1 aromatic rings. The molecular weight excluding hydrogens is 308 g/mol. The number of carbonyl (C=O) groups is 3. The molecule has 0 bridgehead atoms. The lowest BCUT2D eigenvalue weighted by atomic mass is 10.1. The SMILES string of the molecule is CCCC(=O)Nc1ccc(CC(=O)NC(C)CC(=O)OCC)cc1. The Morgan fingerprint density at radius 1 is 1.08 bits per heavy atom. The first kappa shape index (κ1) is 19.7. The Balaban J connectivity index is 2.44. The van der Waals surface area contributed by atoms with Crippen LogP contribution in [0.1, 0.15) is 45.6 Å². The first-order valence-corrected chi connectivity index (χ1v) is 8.28. The number of hydrogen-bond acceptors (Lipinski definition) is 4. The molecule has 0 aromatic heterocycles. The van der Waals surface area contributed by atoms with Crippen LogP contribution in [-0.4, -0.2) is 30.4 Å². The summed E-state index contributed by atoms with van der Waals surface area (Å²) in [6.07, 6.45) is 1.66. The van der Waals surface area contributed by atoms with Gasteiger partial charge in [0.15, 0.2) is 0 Å². The highest BCUT2D eigenvalue weighted by atomic mass is 16.5. The maximum Gasteiger partial charge on any atom is 0.307 e. The zero-order chi connectivity index (χ0) is 17.9. The molecule has 2 N–H and O–H groups in total. The number of amides is 2. The summed E-state index contributed by atoms with van der Waals surface area (Å²) in [5, 5.41) is 5.57. The van der Waals surface area contributed by atoms with Crippen molar-refractivity contribution in [2.75, 3.05) is 11.9 Å². The van der Waals surface area contributed by atoms with Crippen LogP contribution in [0.3, 0.4) is 0 Å². The van der Waals surface area contributed by atoms with Gasteiger partial charge in [-0.25, -0.2) is 0 Å². The van der Waals surface area contributed by atoms with Crippen LogP contribution in [-0.2, 0) is 25.5 Å². The van der Waals surface area contributed by atoms with E-state index in [1.54, 1.807) is 38.1 Å². The summed E-state index contributed by atoms with van der Waals surface area (Å²) in [6, 6.07) is 6.88. The van der Waals surface area contributed by atoms with Crippen molar-refractivity contribution in [3.63, 3.8) is 0 Å². The van der Waals surface area contributed by atoms with Crippen LogP contribution >= 0.6 is 0 Å². The molecule has 1 atom stereocenters. The standard InChI is InChI=1S/C18H26N2O4/c1-4-6-16(21)20-15-9-7-14(8-10-15)12-17(22)19-13(3)11-18(23)24-5-2/h7-10,13H,4-6,11-12H2,1-3H3,(H,19,22)(H,20,21). The molecule has 0 aliphatic heterocycles. The maximum absolute atomic E-state index is 12.0. The molecule has 0 heterocycles. The second-order valence-corrected chi connectivity index (χ2v) is 5.65. The third-order valence-corrected chi connectivity index (χ3v) is 3.27. The number of rotatable bonds is 9. The predicted molar refractivity (Wildman–Crippen MR) is 92.5 cm³/mol. The van der Waals surface area contributed by atoms with Gasteiger partial charge < -0.3 is 15.4 Å². The molecule has 24 heavy (non-hydrogen) atoms. The average molecular weight is 334 g/mol. The largest absolute Gasteiger partial charge is 0.466 e. The molecule has 0 aliphatic rings. The first-order valence-electron chi connectivity index (χ1n) is 8.28. The number of benzene rings is 1. The zero-order valence-electron chi connectivity index (χ0n) is 14.6. The fraction of sp³-hybridized carbons (Fsp3) is 0.500. The molecule has 0 aliphatic carbocycles.